The van der Waals surface area contributed by atoms with Gasteiger partial charge in [-0.3, -0.25) is 9.88 Å². The molecule has 3 atom stereocenters. The average Bonchev–Trinajstić information content (AvgIpc) is 3.20. The zero-order chi connectivity index (χ0) is 17.2. The van der Waals surface area contributed by atoms with E-state index in [1.54, 1.807) is 6.20 Å². The van der Waals surface area contributed by atoms with Gasteiger partial charge in [-0.2, -0.15) is 0 Å². The number of fused-ring (bicyclic) bond motifs is 1. The highest BCUT2D eigenvalue weighted by Gasteiger charge is 2.43. The van der Waals surface area contributed by atoms with Gasteiger partial charge in [0.05, 0.1) is 31.1 Å². The van der Waals surface area contributed by atoms with Crippen LogP contribution in [0.4, 0.5) is 0 Å². The van der Waals surface area contributed by atoms with Gasteiger partial charge in [0.25, 0.3) is 0 Å². The van der Waals surface area contributed by atoms with Crippen molar-refractivity contribution in [1.29, 1.82) is 0 Å². The highest BCUT2D eigenvalue weighted by atomic mass is 16.5. The molecule has 0 aromatic carbocycles. The molecule has 25 heavy (non-hydrogen) atoms. The fraction of sp³-hybridized carbons (Fsp3) is 0.579. The van der Waals surface area contributed by atoms with Crippen LogP contribution in [-0.2, 0) is 22.6 Å². The molecule has 1 saturated heterocycles. The van der Waals surface area contributed by atoms with E-state index in [1.807, 2.05) is 32.2 Å². The number of nitrogens with zero attached hydrogens (tertiary/aromatic N) is 3. The van der Waals surface area contributed by atoms with Crippen LogP contribution in [0.3, 0.4) is 0 Å². The maximum absolute atomic E-state index is 6.17. The smallest absolute Gasteiger partial charge is 0.138 e. The van der Waals surface area contributed by atoms with Gasteiger partial charge in [0.2, 0.25) is 0 Å². The minimum atomic E-state index is 0.144. The van der Waals surface area contributed by atoms with E-state index >= 15 is 0 Å². The summed E-state index contributed by atoms with van der Waals surface area (Å²) < 4.78 is 17.6. The summed E-state index contributed by atoms with van der Waals surface area (Å²) >= 11 is 0. The average molecular weight is 343 g/mol. The van der Waals surface area contributed by atoms with E-state index in [9.17, 15) is 0 Å². The quantitative estimate of drug-likeness (QED) is 0.832. The van der Waals surface area contributed by atoms with Gasteiger partial charge in [0.1, 0.15) is 5.76 Å². The molecule has 0 unspecified atom stereocenters. The second kappa shape index (κ2) is 7.23. The van der Waals surface area contributed by atoms with Crippen LogP contribution < -0.4 is 0 Å². The molecule has 0 radical (unpaired) electrons. The molecule has 2 aliphatic rings. The molecule has 0 bridgehead atoms. The maximum Gasteiger partial charge on any atom is 0.138 e. The summed E-state index contributed by atoms with van der Waals surface area (Å²) in [7, 11) is 0. The maximum atomic E-state index is 6.17. The molecule has 6 heteroatoms. The topological polar surface area (TPSA) is 60.6 Å². The van der Waals surface area contributed by atoms with E-state index in [4.69, 9.17) is 14.0 Å². The normalized spacial score (nSPS) is 26.7. The molecule has 2 aromatic rings. The summed E-state index contributed by atoms with van der Waals surface area (Å²) in [6.07, 6.45) is 6.08. The van der Waals surface area contributed by atoms with Crippen molar-refractivity contribution in [2.45, 2.75) is 58.1 Å². The van der Waals surface area contributed by atoms with Crippen LogP contribution in [0.5, 0.6) is 0 Å². The molecule has 1 aliphatic heterocycles. The van der Waals surface area contributed by atoms with Gasteiger partial charge in [0, 0.05) is 37.1 Å². The molecular weight excluding hydrogens is 318 g/mol. The van der Waals surface area contributed by atoms with Crippen LogP contribution in [0.2, 0.25) is 0 Å². The predicted molar refractivity (Wildman–Crippen MR) is 92.0 cm³/mol. The molecular formula is C19H25N3O3. The third-order valence-electron chi connectivity index (χ3n) is 5.38. The first-order chi connectivity index (χ1) is 12.2. The van der Waals surface area contributed by atoms with Crippen LogP contribution in [-0.4, -0.2) is 46.4 Å². The van der Waals surface area contributed by atoms with Crippen molar-refractivity contribution in [3.8, 4) is 0 Å². The molecule has 134 valence electrons. The van der Waals surface area contributed by atoms with Crippen molar-refractivity contribution in [3.05, 3.63) is 47.1 Å². The molecule has 0 spiro atoms. The molecule has 1 aliphatic carbocycles. The molecule has 1 saturated carbocycles. The lowest BCUT2D eigenvalue weighted by Crippen LogP contribution is -2.51. The van der Waals surface area contributed by atoms with Crippen molar-refractivity contribution in [1.82, 2.24) is 15.0 Å². The first kappa shape index (κ1) is 16.7. The van der Waals surface area contributed by atoms with E-state index in [1.165, 1.54) is 5.56 Å². The summed E-state index contributed by atoms with van der Waals surface area (Å²) in [5.74, 6) is 0.919. The summed E-state index contributed by atoms with van der Waals surface area (Å²) in [5, 5.41) is 4.08. The molecule has 6 nitrogen and oxygen atoms in total. The standard InChI is InChI=1S/C19H25N3O3/c1-13-16(14(2)25-21-13)11-22-8-9-23-19-17(22)5-6-18(19)24-12-15-4-3-7-20-10-15/h3-4,7,10,17-19H,5-6,8-9,11-12H2,1-2H3/t17-,18+,19+/m0/s1. The predicted octanol–water partition coefficient (Wildman–Crippen LogP) is 2.64. The number of rotatable bonds is 5. The van der Waals surface area contributed by atoms with Crippen LogP contribution in [0.15, 0.2) is 29.0 Å². The Morgan fingerprint density at radius 1 is 1.32 bits per heavy atom. The van der Waals surface area contributed by atoms with Crippen molar-refractivity contribution in [2.24, 2.45) is 0 Å². The first-order valence-electron chi connectivity index (χ1n) is 9.00. The highest BCUT2D eigenvalue weighted by molar-refractivity contribution is 5.21. The summed E-state index contributed by atoms with van der Waals surface area (Å²) in [4.78, 5) is 6.66. The summed E-state index contributed by atoms with van der Waals surface area (Å²) in [5.41, 5.74) is 3.30. The van der Waals surface area contributed by atoms with Crippen molar-refractivity contribution in [3.63, 3.8) is 0 Å². The number of hydrogen-bond acceptors (Lipinski definition) is 6. The molecule has 2 aromatic heterocycles. The number of hydrogen-bond donors (Lipinski definition) is 0. The minimum absolute atomic E-state index is 0.144. The van der Waals surface area contributed by atoms with Gasteiger partial charge < -0.3 is 14.0 Å². The Labute approximate surface area is 148 Å². The summed E-state index contributed by atoms with van der Waals surface area (Å²) in [6.45, 7) is 7.16. The molecule has 4 rings (SSSR count). The van der Waals surface area contributed by atoms with Crippen LogP contribution >= 0.6 is 0 Å². The van der Waals surface area contributed by atoms with Crippen LogP contribution in [0, 0.1) is 13.8 Å². The van der Waals surface area contributed by atoms with E-state index in [0.29, 0.717) is 12.6 Å². The number of ether oxygens (including phenoxy) is 2. The SMILES string of the molecule is Cc1noc(C)c1CN1CCO[C@H]2[C@H](OCc3cccnc3)CC[C@@H]21. The molecule has 0 N–H and O–H groups in total. The Morgan fingerprint density at radius 3 is 3.00 bits per heavy atom. The van der Waals surface area contributed by atoms with Gasteiger partial charge in [-0.25, -0.2) is 0 Å². The highest BCUT2D eigenvalue weighted by Crippen LogP contribution is 2.34. The lowest BCUT2D eigenvalue weighted by Gasteiger charge is -2.39. The zero-order valence-corrected chi connectivity index (χ0v) is 14.9. The lowest BCUT2D eigenvalue weighted by atomic mass is 10.1. The molecule has 2 fully saturated rings. The van der Waals surface area contributed by atoms with Crippen molar-refractivity contribution in [2.75, 3.05) is 13.2 Å². The number of morpholine rings is 1. The Bertz CT molecular complexity index is 684. The van der Waals surface area contributed by atoms with E-state index in [2.05, 4.69) is 15.0 Å². The summed E-state index contributed by atoms with van der Waals surface area (Å²) in [6, 6.07) is 4.39. The minimum Gasteiger partial charge on any atom is -0.373 e. The Balaban J connectivity index is 1.40. The van der Waals surface area contributed by atoms with Gasteiger partial charge in [0.15, 0.2) is 0 Å². The Hall–Kier alpha value is -1.76. The van der Waals surface area contributed by atoms with Crippen LogP contribution in [0.1, 0.15) is 35.4 Å². The second-order valence-corrected chi connectivity index (χ2v) is 6.96. The third-order valence-corrected chi connectivity index (χ3v) is 5.38. The lowest BCUT2D eigenvalue weighted by molar-refractivity contribution is -0.118. The van der Waals surface area contributed by atoms with E-state index in [-0.39, 0.29) is 12.2 Å². The fourth-order valence-corrected chi connectivity index (χ4v) is 3.98. The van der Waals surface area contributed by atoms with Crippen molar-refractivity contribution < 1.29 is 14.0 Å². The van der Waals surface area contributed by atoms with E-state index in [0.717, 1.165) is 49.6 Å². The van der Waals surface area contributed by atoms with Crippen LogP contribution in [0.25, 0.3) is 0 Å². The fourth-order valence-electron chi connectivity index (χ4n) is 3.98. The van der Waals surface area contributed by atoms with Gasteiger partial charge in [-0.05, 0) is 38.3 Å². The number of aromatic nitrogens is 2. The van der Waals surface area contributed by atoms with Gasteiger partial charge >= 0.3 is 0 Å². The van der Waals surface area contributed by atoms with Gasteiger partial charge in [-0.15, -0.1) is 0 Å². The third kappa shape index (κ3) is 3.47. The Morgan fingerprint density at radius 2 is 2.24 bits per heavy atom. The monoisotopic (exact) mass is 343 g/mol. The largest absolute Gasteiger partial charge is 0.373 e. The van der Waals surface area contributed by atoms with Gasteiger partial charge in [-0.1, -0.05) is 11.2 Å². The molecule has 0 amide bonds. The Kier molecular flexibility index (Phi) is 4.83. The van der Waals surface area contributed by atoms with E-state index < -0.39 is 0 Å². The second-order valence-electron chi connectivity index (χ2n) is 6.96. The van der Waals surface area contributed by atoms with Crippen molar-refractivity contribution >= 4 is 0 Å². The molecule has 3 heterocycles. The number of pyridine rings is 1. The first-order valence-corrected chi connectivity index (χ1v) is 9.00. The number of aryl methyl sites for hydroxylation is 2. The zero-order valence-electron chi connectivity index (χ0n) is 14.9.